The molecule has 3 rings (SSSR count). The van der Waals surface area contributed by atoms with Crippen molar-refractivity contribution in [1.29, 1.82) is 0 Å². The number of benzene rings is 2. The Labute approximate surface area is 210 Å². The van der Waals surface area contributed by atoms with Crippen LogP contribution >= 0.6 is 0 Å². The van der Waals surface area contributed by atoms with Crippen LogP contribution in [0.4, 0.5) is 4.79 Å². The number of urea groups is 1. The molecule has 2 amide bonds. The summed E-state index contributed by atoms with van der Waals surface area (Å²) in [4.78, 5) is 14.8. The molecule has 0 aliphatic heterocycles. The molecule has 1 fully saturated rings. The number of nitrogens with zero attached hydrogens (tertiary/aromatic N) is 2. The summed E-state index contributed by atoms with van der Waals surface area (Å²) in [7, 11) is -3.77. The molecule has 2 N–H and O–H groups in total. The molecule has 0 radical (unpaired) electrons. The maximum absolute atomic E-state index is 13.5. The molecular formula is C27H39N3O4S. The van der Waals surface area contributed by atoms with E-state index in [-0.39, 0.29) is 29.9 Å². The number of rotatable bonds is 10. The summed E-state index contributed by atoms with van der Waals surface area (Å²) < 4.78 is 28.4. The van der Waals surface area contributed by atoms with E-state index < -0.39 is 21.7 Å². The summed E-state index contributed by atoms with van der Waals surface area (Å²) >= 11 is 0. The van der Waals surface area contributed by atoms with Gasteiger partial charge < -0.3 is 15.3 Å². The van der Waals surface area contributed by atoms with Gasteiger partial charge in [0, 0.05) is 31.7 Å². The number of hydrogen-bond donors (Lipinski definition) is 2. The third kappa shape index (κ3) is 8.33. The van der Waals surface area contributed by atoms with E-state index in [0.29, 0.717) is 13.1 Å². The van der Waals surface area contributed by atoms with Gasteiger partial charge in [-0.2, -0.15) is 4.31 Å². The standard InChI is InChI=1S/C27H39N3O4S/c1-27(2,3)28-26(32)29(18-22-12-6-4-7-13-22)20-24(31)21-30(19-23-14-10-11-15-23)35(33,34)25-16-8-5-9-17-25/h4-9,12-13,16-17,23-24,31H,10-11,14-15,18-21H2,1-3H3,(H,28,32). The van der Waals surface area contributed by atoms with Gasteiger partial charge in [-0.3, -0.25) is 0 Å². The Morgan fingerprint density at radius 2 is 1.57 bits per heavy atom. The molecule has 1 aliphatic rings. The van der Waals surface area contributed by atoms with E-state index in [1.807, 2.05) is 51.1 Å². The van der Waals surface area contributed by atoms with Gasteiger partial charge in [-0.25, -0.2) is 13.2 Å². The lowest BCUT2D eigenvalue weighted by Crippen LogP contribution is -2.51. The second kappa shape index (κ2) is 12.0. The minimum Gasteiger partial charge on any atom is -0.390 e. The summed E-state index contributed by atoms with van der Waals surface area (Å²) in [6.07, 6.45) is 3.15. The second-order valence-electron chi connectivity index (χ2n) is 10.5. The highest BCUT2D eigenvalue weighted by molar-refractivity contribution is 7.89. The van der Waals surface area contributed by atoms with Crippen LogP contribution in [0.3, 0.4) is 0 Å². The van der Waals surface area contributed by atoms with Crippen LogP contribution in [-0.4, -0.2) is 60.0 Å². The monoisotopic (exact) mass is 501 g/mol. The molecule has 1 saturated carbocycles. The Hall–Kier alpha value is -2.42. The summed E-state index contributed by atoms with van der Waals surface area (Å²) in [5, 5.41) is 14.0. The van der Waals surface area contributed by atoms with Crippen molar-refractivity contribution >= 4 is 16.1 Å². The molecule has 192 valence electrons. The number of hydrogen-bond acceptors (Lipinski definition) is 4. The van der Waals surface area contributed by atoms with Gasteiger partial charge in [0.25, 0.3) is 0 Å². The molecule has 1 aliphatic carbocycles. The molecule has 8 heteroatoms. The van der Waals surface area contributed by atoms with Gasteiger partial charge in [-0.05, 0) is 57.2 Å². The van der Waals surface area contributed by atoms with Crippen molar-refractivity contribution in [3.8, 4) is 0 Å². The third-order valence-corrected chi connectivity index (χ3v) is 7.99. The highest BCUT2D eigenvalue weighted by Crippen LogP contribution is 2.28. The van der Waals surface area contributed by atoms with Gasteiger partial charge in [0.1, 0.15) is 0 Å². The Bertz CT molecular complexity index is 1030. The number of sulfonamides is 1. The van der Waals surface area contributed by atoms with Crippen LogP contribution in [-0.2, 0) is 16.6 Å². The van der Waals surface area contributed by atoms with Gasteiger partial charge in [0.05, 0.1) is 11.0 Å². The fourth-order valence-corrected chi connectivity index (χ4v) is 6.04. The molecule has 2 aromatic carbocycles. The van der Waals surface area contributed by atoms with Crippen molar-refractivity contribution in [1.82, 2.24) is 14.5 Å². The number of amides is 2. The van der Waals surface area contributed by atoms with E-state index in [9.17, 15) is 18.3 Å². The highest BCUT2D eigenvalue weighted by Gasteiger charge is 2.31. The Morgan fingerprint density at radius 3 is 2.14 bits per heavy atom. The van der Waals surface area contributed by atoms with Crippen molar-refractivity contribution in [3.05, 3.63) is 66.2 Å². The van der Waals surface area contributed by atoms with Gasteiger partial charge in [0.2, 0.25) is 10.0 Å². The summed E-state index contributed by atoms with van der Waals surface area (Å²) in [5.74, 6) is 0.283. The van der Waals surface area contributed by atoms with E-state index in [1.54, 1.807) is 35.2 Å². The zero-order valence-corrected chi connectivity index (χ0v) is 21.9. The van der Waals surface area contributed by atoms with E-state index in [4.69, 9.17) is 0 Å². The van der Waals surface area contributed by atoms with Crippen molar-refractivity contribution < 1.29 is 18.3 Å². The minimum atomic E-state index is -3.77. The van der Waals surface area contributed by atoms with Crippen LogP contribution in [0.2, 0.25) is 0 Å². The first-order valence-corrected chi connectivity index (χ1v) is 13.8. The van der Waals surface area contributed by atoms with Crippen LogP contribution in [0, 0.1) is 5.92 Å². The van der Waals surface area contributed by atoms with E-state index >= 15 is 0 Å². The van der Waals surface area contributed by atoms with E-state index in [2.05, 4.69) is 5.32 Å². The summed E-state index contributed by atoms with van der Waals surface area (Å²) in [6.45, 7) is 6.34. The first kappa shape index (κ1) is 27.2. The number of carbonyl (C=O) groups is 1. The SMILES string of the molecule is CC(C)(C)NC(=O)N(Cc1ccccc1)CC(O)CN(CC1CCCC1)S(=O)(=O)c1ccccc1. The minimum absolute atomic E-state index is 0.0162. The van der Waals surface area contributed by atoms with Crippen LogP contribution < -0.4 is 5.32 Å². The maximum Gasteiger partial charge on any atom is 0.318 e. The first-order chi connectivity index (χ1) is 16.5. The van der Waals surface area contributed by atoms with Crippen LogP contribution in [0.25, 0.3) is 0 Å². The number of carbonyl (C=O) groups excluding carboxylic acids is 1. The fourth-order valence-electron chi connectivity index (χ4n) is 4.46. The molecule has 0 spiro atoms. The molecule has 0 saturated heterocycles. The summed E-state index contributed by atoms with van der Waals surface area (Å²) in [5.41, 5.74) is 0.491. The predicted molar refractivity (Wildman–Crippen MR) is 138 cm³/mol. The summed E-state index contributed by atoms with van der Waals surface area (Å²) in [6, 6.07) is 17.6. The van der Waals surface area contributed by atoms with Crippen LogP contribution in [0.5, 0.6) is 0 Å². The van der Waals surface area contributed by atoms with Gasteiger partial charge >= 0.3 is 6.03 Å². The molecule has 0 aromatic heterocycles. The van der Waals surface area contributed by atoms with Gasteiger partial charge in [-0.15, -0.1) is 0 Å². The zero-order chi connectivity index (χ0) is 25.5. The van der Waals surface area contributed by atoms with Crippen LogP contribution in [0.15, 0.2) is 65.6 Å². The van der Waals surface area contributed by atoms with Crippen molar-refractivity contribution in [2.24, 2.45) is 5.92 Å². The lowest BCUT2D eigenvalue weighted by Gasteiger charge is -2.32. The normalized spacial score (nSPS) is 15.8. The molecule has 1 atom stereocenters. The van der Waals surface area contributed by atoms with Crippen molar-refractivity contribution in [3.63, 3.8) is 0 Å². The molecule has 7 nitrogen and oxygen atoms in total. The predicted octanol–water partition coefficient (Wildman–Crippen LogP) is 4.24. The molecule has 35 heavy (non-hydrogen) atoms. The van der Waals surface area contributed by atoms with E-state index in [0.717, 1.165) is 31.2 Å². The zero-order valence-electron chi connectivity index (χ0n) is 21.1. The first-order valence-electron chi connectivity index (χ1n) is 12.4. The highest BCUT2D eigenvalue weighted by atomic mass is 32.2. The number of nitrogens with one attached hydrogen (secondary N) is 1. The fraction of sp³-hybridized carbons (Fsp3) is 0.519. The van der Waals surface area contributed by atoms with E-state index in [1.165, 1.54) is 4.31 Å². The lowest BCUT2D eigenvalue weighted by atomic mass is 10.1. The van der Waals surface area contributed by atoms with Crippen molar-refractivity contribution in [2.45, 2.75) is 69.5 Å². The maximum atomic E-state index is 13.5. The molecular weight excluding hydrogens is 462 g/mol. The number of aliphatic hydroxyl groups is 1. The second-order valence-corrected chi connectivity index (χ2v) is 12.4. The molecule has 1 unspecified atom stereocenters. The van der Waals surface area contributed by atoms with Gasteiger partial charge in [-0.1, -0.05) is 61.4 Å². The average molecular weight is 502 g/mol. The Balaban J connectivity index is 1.78. The lowest BCUT2D eigenvalue weighted by molar-refractivity contribution is 0.0961. The van der Waals surface area contributed by atoms with Gasteiger partial charge in [0.15, 0.2) is 0 Å². The molecule has 0 heterocycles. The number of aliphatic hydroxyl groups excluding tert-OH is 1. The quantitative estimate of drug-likeness (QED) is 0.510. The largest absolute Gasteiger partial charge is 0.390 e. The molecule has 0 bridgehead atoms. The third-order valence-electron chi connectivity index (χ3n) is 6.15. The van der Waals surface area contributed by atoms with Crippen molar-refractivity contribution in [2.75, 3.05) is 19.6 Å². The smallest absolute Gasteiger partial charge is 0.318 e. The topological polar surface area (TPSA) is 90.0 Å². The molecule has 2 aromatic rings. The Kier molecular flexibility index (Phi) is 9.33. The Morgan fingerprint density at radius 1 is 1.00 bits per heavy atom. The van der Waals surface area contributed by atoms with Crippen LogP contribution in [0.1, 0.15) is 52.0 Å². The average Bonchev–Trinajstić information content (AvgIpc) is 3.31.